The standard InChI is InChI=1S/C35H72/c1-5-7-9-11-13-15-17-19-21-23-25-27-29-31-35(4)33-32-34(3)30-28-26-24-22-20-18-16-14-12-10-8-6-2/h34-35H,5-33H2,1-4H3. The van der Waals surface area contributed by atoms with Crippen LogP contribution < -0.4 is 0 Å². The molecule has 0 aromatic carbocycles. The van der Waals surface area contributed by atoms with E-state index in [2.05, 4.69) is 27.7 Å². The first-order chi connectivity index (χ1) is 17.2. The van der Waals surface area contributed by atoms with Crippen molar-refractivity contribution in [3.05, 3.63) is 0 Å². The van der Waals surface area contributed by atoms with E-state index in [4.69, 9.17) is 0 Å². The van der Waals surface area contributed by atoms with Crippen LogP contribution in [0.15, 0.2) is 0 Å². The summed E-state index contributed by atoms with van der Waals surface area (Å²) >= 11 is 0. The molecule has 0 heterocycles. The smallest absolute Gasteiger partial charge is 0.0443 e. The molecule has 0 saturated carbocycles. The van der Waals surface area contributed by atoms with E-state index in [0.717, 1.165) is 11.8 Å². The maximum Gasteiger partial charge on any atom is -0.0443 e. The highest BCUT2D eigenvalue weighted by molar-refractivity contribution is 4.60. The van der Waals surface area contributed by atoms with Gasteiger partial charge in [0.25, 0.3) is 0 Å². The minimum absolute atomic E-state index is 0.951. The summed E-state index contributed by atoms with van der Waals surface area (Å²) in [6.07, 6.45) is 42.6. The predicted octanol–water partition coefficient (Wildman–Crippen LogP) is 13.6. The molecule has 0 amide bonds. The summed E-state index contributed by atoms with van der Waals surface area (Å²) in [6.45, 7) is 9.64. The maximum atomic E-state index is 2.51. The first kappa shape index (κ1) is 35.0. The Morgan fingerprint density at radius 2 is 0.457 bits per heavy atom. The Labute approximate surface area is 225 Å². The lowest BCUT2D eigenvalue weighted by atomic mass is 9.91. The van der Waals surface area contributed by atoms with Crippen LogP contribution in [0.4, 0.5) is 0 Å². The molecule has 0 aliphatic heterocycles. The molecule has 0 rings (SSSR count). The van der Waals surface area contributed by atoms with Gasteiger partial charge < -0.3 is 0 Å². The fourth-order valence-electron chi connectivity index (χ4n) is 5.70. The summed E-state index contributed by atoms with van der Waals surface area (Å²) in [5.41, 5.74) is 0. The quantitative estimate of drug-likeness (QED) is 0.0874. The molecule has 0 aliphatic rings. The lowest BCUT2D eigenvalue weighted by molar-refractivity contribution is 0.376. The van der Waals surface area contributed by atoms with Crippen molar-refractivity contribution >= 4 is 0 Å². The third-order valence-corrected chi connectivity index (χ3v) is 8.50. The van der Waals surface area contributed by atoms with E-state index in [-0.39, 0.29) is 0 Å². The van der Waals surface area contributed by atoms with Crippen molar-refractivity contribution in [2.75, 3.05) is 0 Å². The minimum atomic E-state index is 0.951. The molecule has 2 unspecified atom stereocenters. The van der Waals surface area contributed by atoms with Gasteiger partial charge in [0.15, 0.2) is 0 Å². The van der Waals surface area contributed by atoms with Gasteiger partial charge in [-0.25, -0.2) is 0 Å². The Morgan fingerprint density at radius 1 is 0.257 bits per heavy atom. The van der Waals surface area contributed by atoms with E-state index in [1.54, 1.807) is 0 Å². The highest BCUT2D eigenvalue weighted by Crippen LogP contribution is 2.22. The van der Waals surface area contributed by atoms with Gasteiger partial charge in [0.2, 0.25) is 0 Å². The molecule has 35 heavy (non-hydrogen) atoms. The molecule has 0 nitrogen and oxygen atoms in total. The first-order valence-corrected chi connectivity index (χ1v) is 17.2. The van der Waals surface area contributed by atoms with Gasteiger partial charge in [-0.05, 0) is 11.8 Å². The van der Waals surface area contributed by atoms with E-state index >= 15 is 0 Å². The zero-order valence-corrected chi connectivity index (χ0v) is 25.7. The van der Waals surface area contributed by atoms with Crippen LogP contribution in [0.25, 0.3) is 0 Å². The van der Waals surface area contributed by atoms with Crippen molar-refractivity contribution in [2.24, 2.45) is 11.8 Å². The Kier molecular flexibility index (Phi) is 30.2. The average molecular weight is 493 g/mol. The number of rotatable bonds is 30. The Morgan fingerprint density at radius 3 is 0.686 bits per heavy atom. The Bertz CT molecular complexity index is 359. The molecule has 0 N–H and O–H groups in total. The van der Waals surface area contributed by atoms with E-state index in [9.17, 15) is 0 Å². The van der Waals surface area contributed by atoms with Crippen LogP contribution >= 0.6 is 0 Å². The van der Waals surface area contributed by atoms with Crippen LogP contribution in [-0.2, 0) is 0 Å². The summed E-state index contributed by atoms with van der Waals surface area (Å²) in [5.74, 6) is 1.90. The van der Waals surface area contributed by atoms with Crippen molar-refractivity contribution in [1.82, 2.24) is 0 Å². The van der Waals surface area contributed by atoms with Gasteiger partial charge >= 0.3 is 0 Å². The largest absolute Gasteiger partial charge is 0.0654 e. The fourth-order valence-corrected chi connectivity index (χ4v) is 5.70. The van der Waals surface area contributed by atoms with Crippen LogP contribution in [0.2, 0.25) is 0 Å². The van der Waals surface area contributed by atoms with Crippen LogP contribution in [0, 0.1) is 11.8 Å². The third-order valence-electron chi connectivity index (χ3n) is 8.50. The van der Waals surface area contributed by atoms with E-state index < -0.39 is 0 Å². The van der Waals surface area contributed by atoms with Gasteiger partial charge in [-0.15, -0.1) is 0 Å². The van der Waals surface area contributed by atoms with Gasteiger partial charge in [-0.3, -0.25) is 0 Å². The van der Waals surface area contributed by atoms with Gasteiger partial charge in [0.1, 0.15) is 0 Å². The maximum absolute atomic E-state index is 2.51. The van der Waals surface area contributed by atoms with Crippen LogP contribution in [0.5, 0.6) is 0 Å². The zero-order chi connectivity index (χ0) is 25.7. The molecule has 0 radical (unpaired) electrons. The molecule has 0 aromatic rings. The molecule has 0 aromatic heterocycles. The van der Waals surface area contributed by atoms with Crippen molar-refractivity contribution in [3.8, 4) is 0 Å². The molecule has 0 fully saturated rings. The lowest BCUT2D eigenvalue weighted by Gasteiger charge is -2.15. The zero-order valence-electron chi connectivity index (χ0n) is 25.7. The van der Waals surface area contributed by atoms with Crippen LogP contribution in [-0.4, -0.2) is 0 Å². The molecule has 0 heteroatoms. The second-order valence-electron chi connectivity index (χ2n) is 12.5. The summed E-state index contributed by atoms with van der Waals surface area (Å²) in [7, 11) is 0. The van der Waals surface area contributed by atoms with E-state index in [1.807, 2.05) is 0 Å². The average Bonchev–Trinajstić information content (AvgIpc) is 2.86. The van der Waals surface area contributed by atoms with Crippen molar-refractivity contribution in [1.29, 1.82) is 0 Å². The highest BCUT2D eigenvalue weighted by atomic mass is 14.1. The number of unbranched alkanes of at least 4 members (excludes halogenated alkanes) is 23. The molecule has 0 spiro atoms. The summed E-state index contributed by atoms with van der Waals surface area (Å²) in [4.78, 5) is 0. The predicted molar refractivity (Wildman–Crippen MR) is 164 cm³/mol. The molecular formula is C35H72. The fraction of sp³-hybridized carbons (Fsp3) is 1.00. The summed E-state index contributed by atoms with van der Waals surface area (Å²) in [5, 5.41) is 0. The van der Waals surface area contributed by atoms with E-state index in [0.29, 0.717) is 0 Å². The van der Waals surface area contributed by atoms with Gasteiger partial charge in [-0.1, -0.05) is 214 Å². The van der Waals surface area contributed by atoms with Crippen molar-refractivity contribution in [2.45, 2.75) is 214 Å². The van der Waals surface area contributed by atoms with Gasteiger partial charge in [-0.2, -0.15) is 0 Å². The Balaban J connectivity index is 3.27. The van der Waals surface area contributed by atoms with Gasteiger partial charge in [0.05, 0.1) is 0 Å². The van der Waals surface area contributed by atoms with Crippen LogP contribution in [0.3, 0.4) is 0 Å². The second kappa shape index (κ2) is 30.2. The number of hydrogen-bond donors (Lipinski definition) is 0. The molecular weight excluding hydrogens is 420 g/mol. The van der Waals surface area contributed by atoms with Crippen molar-refractivity contribution < 1.29 is 0 Å². The normalized spacial score (nSPS) is 13.4. The van der Waals surface area contributed by atoms with Crippen LogP contribution in [0.1, 0.15) is 214 Å². The molecule has 0 saturated heterocycles. The molecule has 0 bridgehead atoms. The molecule has 2 atom stereocenters. The molecule has 0 aliphatic carbocycles. The summed E-state index contributed by atoms with van der Waals surface area (Å²) in [6, 6.07) is 0. The monoisotopic (exact) mass is 493 g/mol. The lowest BCUT2D eigenvalue weighted by Crippen LogP contribution is -2.01. The topological polar surface area (TPSA) is 0 Å². The Hall–Kier alpha value is 0. The van der Waals surface area contributed by atoms with Crippen molar-refractivity contribution in [3.63, 3.8) is 0 Å². The van der Waals surface area contributed by atoms with E-state index in [1.165, 1.54) is 186 Å². The van der Waals surface area contributed by atoms with Gasteiger partial charge in [0, 0.05) is 0 Å². The SMILES string of the molecule is CCCCCCCCCCCCCCCC(C)CCC(C)CCCCCCCCCCCCCC. The number of hydrogen-bond acceptors (Lipinski definition) is 0. The first-order valence-electron chi connectivity index (χ1n) is 17.2. The molecule has 212 valence electrons. The second-order valence-corrected chi connectivity index (χ2v) is 12.5. The highest BCUT2D eigenvalue weighted by Gasteiger charge is 2.07. The third kappa shape index (κ3) is 30.1. The summed E-state index contributed by atoms with van der Waals surface area (Å²) < 4.78 is 0. The minimum Gasteiger partial charge on any atom is -0.0654 e.